The van der Waals surface area contributed by atoms with Gasteiger partial charge in [-0.05, 0) is 12.3 Å². The number of amides is 1. The number of nitrogens with one attached hydrogen (secondary N) is 1. The molecule has 1 heterocycles. The predicted octanol–water partition coefficient (Wildman–Crippen LogP) is 3.12. The summed E-state index contributed by atoms with van der Waals surface area (Å²) in [6.07, 6.45) is 18.7. The van der Waals surface area contributed by atoms with Crippen LogP contribution in [0.3, 0.4) is 0 Å². The Morgan fingerprint density at radius 3 is 1.94 bits per heavy atom. The van der Waals surface area contributed by atoms with E-state index in [1.54, 1.807) is 0 Å². The highest BCUT2D eigenvalue weighted by molar-refractivity contribution is 5.77. The van der Waals surface area contributed by atoms with E-state index in [1.807, 2.05) is 0 Å². The monoisotopic (exact) mass is 223 g/mol. The summed E-state index contributed by atoms with van der Waals surface area (Å²) < 4.78 is 0. The maximum atomic E-state index is 10.1. The summed E-state index contributed by atoms with van der Waals surface area (Å²) in [5.41, 5.74) is 0. The lowest BCUT2D eigenvalue weighted by Gasteiger charge is -2.02. The molecule has 16 heavy (non-hydrogen) atoms. The van der Waals surface area contributed by atoms with Gasteiger partial charge in [-0.15, -0.1) is 12.8 Å². The first-order chi connectivity index (χ1) is 7.79. The van der Waals surface area contributed by atoms with Crippen molar-refractivity contribution in [3.05, 3.63) is 0 Å². The average molecular weight is 223 g/mol. The molecule has 1 aliphatic heterocycles. The van der Waals surface area contributed by atoms with Gasteiger partial charge < -0.3 is 5.32 Å². The van der Waals surface area contributed by atoms with Crippen LogP contribution >= 0.6 is 0 Å². The summed E-state index contributed by atoms with van der Waals surface area (Å²) >= 11 is 0. The van der Waals surface area contributed by atoms with Gasteiger partial charge in [0.25, 0.3) is 0 Å². The van der Waals surface area contributed by atoms with Crippen molar-refractivity contribution in [3.8, 4) is 12.8 Å². The van der Waals surface area contributed by atoms with Crippen LogP contribution in [0.25, 0.3) is 0 Å². The lowest BCUT2D eigenvalue weighted by Crippen LogP contribution is -2.12. The van der Waals surface area contributed by atoms with Crippen LogP contribution in [-0.4, -0.2) is 12.5 Å². The molecule has 1 aliphatic carbocycles. The Kier molecular flexibility index (Phi) is 9.91. The van der Waals surface area contributed by atoms with Gasteiger partial charge in [0.2, 0.25) is 5.91 Å². The topological polar surface area (TPSA) is 29.1 Å². The van der Waals surface area contributed by atoms with Gasteiger partial charge in [-0.25, -0.2) is 0 Å². The normalized spacial score (nSPS) is 20.6. The molecule has 0 radical (unpaired) electrons. The summed E-state index contributed by atoms with van der Waals surface area (Å²) in [5, 5.41) is 2.68. The third-order valence-corrected chi connectivity index (χ3v) is 3.05. The maximum Gasteiger partial charge on any atom is 0.220 e. The van der Waals surface area contributed by atoms with Crippen molar-refractivity contribution < 1.29 is 4.79 Å². The van der Waals surface area contributed by atoms with Gasteiger partial charge in [0.15, 0.2) is 0 Å². The number of carbonyl (C=O) groups excluding carboxylic acids is 1. The largest absolute Gasteiger partial charge is 0.356 e. The highest BCUT2D eigenvalue weighted by Crippen LogP contribution is 2.21. The first kappa shape index (κ1) is 15.0. The summed E-state index contributed by atoms with van der Waals surface area (Å²) in [6, 6.07) is 0. The van der Waals surface area contributed by atoms with E-state index in [2.05, 4.69) is 25.1 Å². The minimum Gasteiger partial charge on any atom is -0.356 e. The molecule has 2 nitrogen and oxygen atoms in total. The van der Waals surface area contributed by atoms with Crippen LogP contribution < -0.4 is 5.32 Å². The van der Waals surface area contributed by atoms with Crippen LogP contribution in [0.4, 0.5) is 0 Å². The Bertz CT molecular complexity index is 182. The van der Waals surface area contributed by atoms with Gasteiger partial charge >= 0.3 is 0 Å². The van der Waals surface area contributed by atoms with E-state index in [1.165, 1.54) is 38.5 Å². The highest BCUT2D eigenvalue weighted by Gasteiger charge is 2.05. The number of carbonyl (C=O) groups is 1. The van der Waals surface area contributed by atoms with Crippen LogP contribution in [0.15, 0.2) is 0 Å². The number of hydrogen-bond donors (Lipinski definition) is 1. The third-order valence-electron chi connectivity index (χ3n) is 3.05. The van der Waals surface area contributed by atoms with Crippen molar-refractivity contribution in [1.29, 1.82) is 0 Å². The minimum absolute atomic E-state index is 0.204. The standard InChI is InChI=1S/C8H16.C4H7NO.C2H2/c1-8-6-4-2-3-5-7-8;6-4-2-1-3-5-4;1-2/h8H,2-7H2,1H3;1-3H2,(H,5,6);1-2H. The Balaban J connectivity index is 0.000000251. The van der Waals surface area contributed by atoms with Crippen molar-refractivity contribution in [2.24, 2.45) is 5.92 Å². The van der Waals surface area contributed by atoms with E-state index in [9.17, 15) is 4.79 Å². The summed E-state index contributed by atoms with van der Waals surface area (Å²) in [5.74, 6) is 1.23. The molecule has 0 spiro atoms. The third kappa shape index (κ3) is 8.35. The number of rotatable bonds is 0. The quantitative estimate of drug-likeness (QED) is 0.496. The van der Waals surface area contributed by atoms with E-state index < -0.39 is 0 Å². The second-order valence-corrected chi connectivity index (χ2v) is 4.55. The molecule has 0 aromatic carbocycles. The van der Waals surface area contributed by atoms with Gasteiger partial charge in [0, 0.05) is 13.0 Å². The Morgan fingerprint density at radius 1 is 1.06 bits per heavy atom. The van der Waals surface area contributed by atoms with Crippen LogP contribution in [0.5, 0.6) is 0 Å². The zero-order chi connectivity index (χ0) is 12.2. The average Bonchev–Trinajstić information content (AvgIpc) is 2.65. The van der Waals surface area contributed by atoms with E-state index >= 15 is 0 Å². The van der Waals surface area contributed by atoms with Crippen molar-refractivity contribution in [3.63, 3.8) is 0 Å². The van der Waals surface area contributed by atoms with Crippen LogP contribution in [0, 0.1) is 18.8 Å². The SMILES string of the molecule is C#C.CC1CCCCCC1.O=C1CCCN1. The molecule has 0 bridgehead atoms. The van der Waals surface area contributed by atoms with Gasteiger partial charge in [0.1, 0.15) is 0 Å². The van der Waals surface area contributed by atoms with Crippen molar-refractivity contribution in [2.75, 3.05) is 6.54 Å². The van der Waals surface area contributed by atoms with Crippen molar-refractivity contribution >= 4 is 5.91 Å². The molecule has 1 N–H and O–H groups in total. The molecule has 2 fully saturated rings. The second kappa shape index (κ2) is 10.5. The first-order valence-corrected chi connectivity index (χ1v) is 6.39. The van der Waals surface area contributed by atoms with Gasteiger partial charge in [-0.2, -0.15) is 0 Å². The Morgan fingerprint density at radius 2 is 1.62 bits per heavy atom. The van der Waals surface area contributed by atoms with Crippen LogP contribution in [0.2, 0.25) is 0 Å². The van der Waals surface area contributed by atoms with Gasteiger partial charge in [-0.1, -0.05) is 45.4 Å². The van der Waals surface area contributed by atoms with E-state index in [0.29, 0.717) is 0 Å². The predicted molar refractivity (Wildman–Crippen MR) is 69.0 cm³/mol. The lowest BCUT2D eigenvalue weighted by molar-refractivity contribution is -0.119. The molecule has 2 heteroatoms. The molecule has 0 unspecified atom stereocenters. The molecule has 2 aliphatic rings. The smallest absolute Gasteiger partial charge is 0.220 e. The van der Waals surface area contributed by atoms with Gasteiger partial charge in [-0.3, -0.25) is 4.79 Å². The second-order valence-electron chi connectivity index (χ2n) is 4.55. The summed E-state index contributed by atoms with van der Waals surface area (Å²) in [6.45, 7) is 3.27. The molecule has 0 aromatic heterocycles. The van der Waals surface area contributed by atoms with Crippen LogP contribution in [0.1, 0.15) is 58.3 Å². The van der Waals surface area contributed by atoms with Crippen molar-refractivity contribution in [2.45, 2.75) is 58.3 Å². The van der Waals surface area contributed by atoms with E-state index in [-0.39, 0.29) is 5.91 Å². The minimum atomic E-state index is 0.204. The van der Waals surface area contributed by atoms with Crippen LogP contribution in [-0.2, 0) is 4.79 Å². The zero-order valence-corrected chi connectivity index (χ0v) is 10.5. The molecular weight excluding hydrogens is 198 g/mol. The number of hydrogen-bond acceptors (Lipinski definition) is 1. The highest BCUT2D eigenvalue weighted by atomic mass is 16.1. The Hall–Kier alpha value is -0.970. The molecular formula is C14H25NO. The zero-order valence-electron chi connectivity index (χ0n) is 10.5. The molecule has 0 aromatic rings. The molecule has 1 saturated carbocycles. The van der Waals surface area contributed by atoms with Gasteiger partial charge in [0.05, 0.1) is 0 Å². The molecule has 92 valence electrons. The lowest BCUT2D eigenvalue weighted by atomic mass is 10.0. The van der Waals surface area contributed by atoms with Crippen molar-refractivity contribution in [1.82, 2.24) is 5.32 Å². The fourth-order valence-corrected chi connectivity index (χ4v) is 2.05. The van der Waals surface area contributed by atoms with E-state index in [0.717, 1.165) is 25.3 Å². The Labute approximate surface area is 100 Å². The van der Waals surface area contributed by atoms with E-state index in [4.69, 9.17) is 0 Å². The molecule has 1 amide bonds. The molecule has 1 saturated heterocycles. The summed E-state index contributed by atoms with van der Waals surface area (Å²) in [4.78, 5) is 10.1. The number of terminal acetylenes is 1. The summed E-state index contributed by atoms with van der Waals surface area (Å²) in [7, 11) is 0. The fraction of sp³-hybridized carbons (Fsp3) is 0.786. The maximum absolute atomic E-state index is 10.1. The molecule has 2 rings (SSSR count). The fourth-order valence-electron chi connectivity index (χ4n) is 2.05. The molecule has 0 atom stereocenters. The first-order valence-electron chi connectivity index (χ1n) is 6.39.